The zero-order valence-corrected chi connectivity index (χ0v) is 8.36. The maximum absolute atomic E-state index is 11.0. The zero-order chi connectivity index (χ0) is 11.1. The minimum Gasteiger partial charge on any atom is -0.744 e. The lowest BCUT2D eigenvalue weighted by Gasteiger charge is -2.12. The van der Waals surface area contributed by atoms with E-state index in [4.69, 9.17) is 0 Å². The van der Waals surface area contributed by atoms with Gasteiger partial charge in [-0.25, -0.2) is 8.42 Å². The number of aromatic hydroxyl groups is 1. The molecule has 0 heterocycles. The maximum atomic E-state index is 11.0. The maximum Gasteiger partial charge on any atom is 0.133 e. The fourth-order valence-electron chi connectivity index (χ4n) is 1.49. The summed E-state index contributed by atoms with van der Waals surface area (Å²) in [6.07, 6.45) is 0. The second kappa shape index (κ2) is 3.22. The Labute approximate surface area is 86.5 Å². The van der Waals surface area contributed by atoms with Gasteiger partial charge in [-0.05, 0) is 11.5 Å². The largest absolute Gasteiger partial charge is 0.744 e. The zero-order valence-electron chi connectivity index (χ0n) is 7.54. The van der Waals surface area contributed by atoms with E-state index in [2.05, 4.69) is 0 Å². The van der Waals surface area contributed by atoms with Crippen molar-refractivity contribution in [2.45, 2.75) is 4.90 Å². The van der Waals surface area contributed by atoms with E-state index < -0.39 is 20.8 Å². The van der Waals surface area contributed by atoms with Crippen LogP contribution in [0.15, 0.2) is 41.3 Å². The first-order valence-electron chi connectivity index (χ1n) is 4.17. The third kappa shape index (κ3) is 1.67. The number of benzene rings is 2. The Bertz CT molecular complexity index is 616. The SMILES string of the molecule is O=S(=O)([O-])c1c(O)ccc2ccccc12. The van der Waals surface area contributed by atoms with E-state index >= 15 is 0 Å². The van der Waals surface area contributed by atoms with Gasteiger partial charge in [-0.15, -0.1) is 0 Å². The quantitative estimate of drug-likeness (QED) is 0.742. The monoisotopic (exact) mass is 223 g/mol. The highest BCUT2D eigenvalue weighted by molar-refractivity contribution is 7.86. The van der Waals surface area contributed by atoms with Crippen LogP contribution < -0.4 is 0 Å². The van der Waals surface area contributed by atoms with Crippen molar-refractivity contribution < 1.29 is 18.1 Å². The highest BCUT2D eigenvalue weighted by Crippen LogP contribution is 2.30. The lowest BCUT2D eigenvalue weighted by molar-refractivity contribution is 0.437. The summed E-state index contributed by atoms with van der Waals surface area (Å²) in [5.41, 5.74) is 0. The van der Waals surface area contributed by atoms with E-state index in [0.717, 1.165) is 0 Å². The lowest BCUT2D eigenvalue weighted by atomic mass is 10.1. The molecule has 0 fully saturated rings. The molecule has 0 aromatic heterocycles. The molecule has 0 aliphatic heterocycles. The van der Waals surface area contributed by atoms with E-state index in [1.54, 1.807) is 24.3 Å². The Hall–Kier alpha value is -1.59. The van der Waals surface area contributed by atoms with Crippen LogP contribution in [0.1, 0.15) is 0 Å². The van der Waals surface area contributed by atoms with Crippen molar-refractivity contribution in [3.63, 3.8) is 0 Å². The minimum absolute atomic E-state index is 0.243. The standard InChI is InChI=1S/C10H8O4S/c11-9-6-5-7-3-1-2-4-8(7)10(9)15(12,13)14/h1-6,11H,(H,12,13,14)/p-1. The average molecular weight is 223 g/mol. The van der Waals surface area contributed by atoms with Gasteiger partial charge in [0.15, 0.2) is 0 Å². The third-order valence-corrected chi connectivity index (χ3v) is 3.04. The Balaban J connectivity index is 2.99. The molecule has 0 atom stereocenters. The molecule has 2 rings (SSSR count). The smallest absolute Gasteiger partial charge is 0.133 e. The number of rotatable bonds is 1. The van der Waals surface area contributed by atoms with Crippen LogP contribution in [-0.4, -0.2) is 18.1 Å². The van der Waals surface area contributed by atoms with E-state index in [1.807, 2.05) is 0 Å². The lowest BCUT2D eigenvalue weighted by Crippen LogP contribution is -2.00. The van der Waals surface area contributed by atoms with Crippen LogP contribution in [0.2, 0.25) is 0 Å². The van der Waals surface area contributed by atoms with Gasteiger partial charge in [-0.3, -0.25) is 0 Å². The van der Waals surface area contributed by atoms with E-state index in [9.17, 15) is 18.1 Å². The van der Waals surface area contributed by atoms with Crippen molar-refractivity contribution in [3.05, 3.63) is 36.4 Å². The molecule has 5 heteroatoms. The van der Waals surface area contributed by atoms with Crippen LogP contribution in [-0.2, 0) is 10.1 Å². The summed E-state index contributed by atoms with van der Waals surface area (Å²) in [6, 6.07) is 9.24. The molecule has 4 nitrogen and oxygen atoms in total. The summed E-state index contributed by atoms with van der Waals surface area (Å²) in [5, 5.41) is 10.2. The van der Waals surface area contributed by atoms with Crippen molar-refractivity contribution in [1.82, 2.24) is 0 Å². The van der Waals surface area contributed by atoms with Gasteiger partial charge >= 0.3 is 0 Å². The molecule has 1 N–H and O–H groups in total. The molecule has 0 amide bonds. The molecule has 2 aromatic carbocycles. The highest BCUT2D eigenvalue weighted by atomic mass is 32.2. The van der Waals surface area contributed by atoms with Crippen LogP contribution >= 0.6 is 0 Å². The van der Waals surface area contributed by atoms with Gasteiger partial charge in [0.1, 0.15) is 20.8 Å². The van der Waals surface area contributed by atoms with Crippen molar-refractivity contribution >= 4 is 20.9 Å². The predicted molar refractivity (Wildman–Crippen MR) is 53.6 cm³/mol. The molecule has 0 spiro atoms. The molecule has 0 saturated carbocycles. The average Bonchev–Trinajstić information content (AvgIpc) is 2.15. The van der Waals surface area contributed by atoms with Gasteiger partial charge in [-0.1, -0.05) is 30.3 Å². The molecule has 0 aliphatic carbocycles. The fraction of sp³-hybridized carbons (Fsp3) is 0. The first-order chi connectivity index (χ1) is 7.00. The van der Waals surface area contributed by atoms with Crippen LogP contribution in [0.5, 0.6) is 5.75 Å². The molecule has 15 heavy (non-hydrogen) atoms. The summed E-state index contributed by atoms with van der Waals surface area (Å²) in [7, 11) is -4.66. The van der Waals surface area contributed by atoms with Gasteiger partial charge < -0.3 is 9.66 Å². The van der Waals surface area contributed by atoms with Gasteiger partial charge in [0.05, 0.1) is 0 Å². The second-order valence-electron chi connectivity index (χ2n) is 3.09. The number of phenols is 1. The predicted octanol–water partition coefficient (Wildman–Crippen LogP) is 1.45. The van der Waals surface area contributed by atoms with Crippen LogP contribution in [0.3, 0.4) is 0 Å². The summed E-state index contributed by atoms with van der Waals surface area (Å²) in [6.45, 7) is 0. The van der Waals surface area contributed by atoms with E-state index in [0.29, 0.717) is 5.39 Å². The molecular weight excluding hydrogens is 216 g/mol. The van der Waals surface area contributed by atoms with E-state index in [1.165, 1.54) is 12.1 Å². The van der Waals surface area contributed by atoms with Crippen LogP contribution in [0.4, 0.5) is 0 Å². The molecule has 0 aliphatic rings. The van der Waals surface area contributed by atoms with Gasteiger partial charge in [0.2, 0.25) is 0 Å². The molecule has 0 bridgehead atoms. The molecule has 78 valence electrons. The molecular formula is C10H7O4S-. The van der Waals surface area contributed by atoms with E-state index in [-0.39, 0.29) is 5.39 Å². The number of hydrogen-bond acceptors (Lipinski definition) is 4. The normalized spacial score (nSPS) is 11.8. The molecule has 0 saturated heterocycles. The van der Waals surface area contributed by atoms with Gasteiger partial charge in [0.25, 0.3) is 0 Å². The van der Waals surface area contributed by atoms with Crippen LogP contribution in [0.25, 0.3) is 10.8 Å². The molecule has 2 aromatic rings. The van der Waals surface area contributed by atoms with Crippen molar-refractivity contribution in [3.8, 4) is 5.75 Å². The number of phenolic OH excluding ortho intramolecular Hbond substituents is 1. The van der Waals surface area contributed by atoms with Crippen molar-refractivity contribution in [2.24, 2.45) is 0 Å². The first kappa shape index (κ1) is 9.95. The Morgan fingerprint density at radius 1 is 1.07 bits per heavy atom. The second-order valence-corrected chi connectivity index (χ2v) is 4.41. The first-order valence-corrected chi connectivity index (χ1v) is 5.57. The Kier molecular flexibility index (Phi) is 2.13. The van der Waals surface area contributed by atoms with Crippen molar-refractivity contribution in [2.75, 3.05) is 0 Å². The molecule has 0 radical (unpaired) electrons. The van der Waals surface area contributed by atoms with Gasteiger partial charge in [0, 0.05) is 5.39 Å². The van der Waals surface area contributed by atoms with Gasteiger partial charge in [-0.2, -0.15) is 0 Å². The number of fused-ring (bicyclic) bond motifs is 1. The van der Waals surface area contributed by atoms with Crippen molar-refractivity contribution in [1.29, 1.82) is 0 Å². The Morgan fingerprint density at radius 2 is 1.73 bits per heavy atom. The minimum atomic E-state index is -4.66. The summed E-state index contributed by atoms with van der Waals surface area (Å²) in [5.74, 6) is -0.510. The number of hydrogen-bond donors (Lipinski definition) is 1. The summed E-state index contributed by atoms with van der Waals surface area (Å²) >= 11 is 0. The Morgan fingerprint density at radius 3 is 2.40 bits per heavy atom. The fourth-order valence-corrected chi connectivity index (χ4v) is 2.27. The summed E-state index contributed by atoms with van der Waals surface area (Å²) < 4.78 is 32.9. The molecule has 0 unspecified atom stereocenters. The third-order valence-electron chi connectivity index (χ3n) is 2.11. The highest BCUT2D eigenvalue weighted by Gasteiger charge is 2.12. The topological polar surface area (TPSA) is 77.4 Å². The van der Waals surface area contributed by atoms with Crippen LogP contribution in [0, 0.1) is 0 Å². The summed E-state index contributed by atoms with van der Waals surface area (Å²) in [4.78, 5) is -0.555.